The molecular weight excluding hydrogens is 238 g/mol. The van der Waals surface area contributed by atoms with Crippen molar-refractivity contribution >= 4 is 5.91 Å². The fraction of sp³-hybridized carbons (Fsp3) is 0.562. The van der Waals surface area contributed by atoms with E-state index in [1.165, 1.54) is 5.56 Å². The maximum absolute atomic E-state index is 12.0. The van der Waals surface area contributed by atoms with Gasteiger partial charge in [-0.05, 0) is 43.4 Å². The van der Waals surface area contributed by atoms with Crippen molar-refractivity contribution in [1.82, 2.24) is 5.32 Å². The normalized spacial score (nSPS) is 14.2. The zero-order chi connectivity index (χ0) is 14.5. The molecule has 0 radical (unpaired) electrons. The fourth-order valence-corrected chi connectivity index (χ4v) is 2.22. The summed E-state index contributed by atoms with van der Waals surface area (Å²) in [5.74, 6) is 0.266. The SMILES string of the molecule is CCc1ccc(C(=O)NCC(C)(O)CC(C)C)cc1. The lowest BCUT2D eigenvalue weighted by molar-refractivity contribution is 0.0368. The first-order valence-corrected chi connectivity index (χ1v) is 6.93. The van der Waals surface area contributed by atoms with E-state index in [2.05, 4.69) is 26.1 Å². The second kappa shape index (κ2) is 6.71. The van der Waals surface area contributed by atoms with Gasteiger partial charge in [0.25, 0.3) is 5.91 Å². The van der Waals surface area contributed by atoms with Gasteiger partial charge in [-0.15, -0.1) is 0 Å². The van der Waals surface area contributed by atoms with E-state index >= 15 is 0 Å². The number of amides is 1. The highest BCUT2D eigenvalue weighted by Crippen LogP contribution is 2.15. The van der Waals surface area contributed by atoms with E-state index in [-0.39, 0.29) is 12.5 Å². The van der Waals surface area contributed by atoms with Crippen LogP contribution in [0.15, 0.2) is 24.3 Å². The Bertz CT molecular complexity index is 407. The van der Waals surface area contributed by atoms with Crippen molar-refractivity contribution in [3.05, 3.63) is 35.4 Å². The molecule has 1 unspecified atom stereocenters. The monoisotopic (exact) mass is 263 g/mol. The lowest BCUT2D eigenvalue weighted by Crippen LogP contribution is -2.41. The number of hydrogen-bond acceptors (Lipinski definition) is 2. The molecule has 3 nitrogen and oxygen atoms in total. The maximum atomic E-state index is 12.0. The molecule has 2 N–H and O–H groups in total. The van der Waals surface area contributed by atoms with Crippen LogP contribution >= 0.6 is 0 Å². The molecule has 0 fully saturated rings. The van der Waals surface area contributed by atoms with Crippen molar-refractivity contribution in [3.8, 4) is 0 Å². The lowest BCUT2D eigenvalue weighted by atomic mass is 9.94. The molecule has 0 saturated carbocycles. The van der Waals surface area contributed by atoms with Crippen LogP contribution in [0.5, 0.6) is 0 Å². The Balaban J connectivity index is 2.55. The van der Waals surface area contributed by atoms with Gasteiger partial charge in [0.15, 0.2) is 0 Å². The van der Waals surface area contributed by atoms with Crippen LogP contribution in [0.4, 0.5) is 0 Å². The Labute approximate surface area is 116 Å². The van der Waals surface area contributed by atoms with E-state index in [9.17, 15) is 9.90 Å². The summed E-state index contributed by atoms with van der Waals surface area (Å²) >= 11 is 0. The van der Waals surface area contributed by atoms with Crippen LogP contribution < -0.4 is 5.32 Å². The van der Waals surface area contributed by atoms with E-state index in [0.717, 1.165) is 6.42 Å². The molecule has 0 spiro atoms. The standard InChI is InChI=1S/C16H25NO2/c1-5-13-6-8-14(9-7-13)15(18)17-11-16(4,19)10-12(2)3/h6-9,12,19H,5,10-11H2,1-4H3,(H,17,18). The number of carbonyl (C=O) groups is 1. The van der Waals surface area contributed by atoms with Crippen LogP contribution in [-0.2, 0) is 6.42 Å². The molecule has 1 amide bonds. The Kier molecular flexibility index (Phi) is 5.55. The molecule has 1 aromatic carbocycles. The Hall–Kier alpha value is -1.35. The minimum Gasteiger partial charge on any atom is -0.388 e. The lowest BCUT2D eigenvalue weighted by Gasteiger charge is -2.25. The molecule has 106 valence electrons. The van der Waals surface area contributed by atoms with Crippen molar-refractivity contribution in [3.63, 3.8) is 0 Å². The highest BCUT2D eigenvalue weighted by atomic mass is 16.3. The highest BCUT2D eigenvalue weighted by Gasteiger charge is 2.22. The number of aliphatic hydroxyl groups is 1. The van der Waals surface area contributed by atoms with Gasteiger partial charge in [0, 0.05) is 12.1 Å². The third kappa shape index (κ3) is 5.43. The maximum Gasteiger partial charge on any atom is 0.251 e. The van der Waals surface area contributed by atoms with Gasteiger partial charge < -0.3 is 10.4 Å². The van der Waals surface area contributed by atoms with Crippen molar-refractivity contribution in [2.45, 2.75) is 46.1 Å². The van der Waals surface area contributed by atoms with E-state index < -0.39 is 5.60 Å². The molecule has 19 heavy (non-hydrogen) atoms. The van der Waals surface area contributed by atoms with Crippen molar-refractivity contribution < 1.29 is 9.90 Å². The fourth-order valence-electron chi connectivity index (χ4n) is 2.22. The summed E-state index contributed by atoms with van der Waals surface area (Å²) in [6.07, 6.45) is 1.63. The average molecular weight is 263 g/mol. The van der Waals surface area contributed by atoms with E-state index in [1.54, 1.807) is 6.92 Å². The number of nitrogens with one attached hydrogen (secondary N) is 1. The summed E-state index contributed by atoms with van der Waals surface area (Å²) < 4.78 is 0. The van der Waals surface area contributed by atoms with Crippen molar-refractivity contribution in [1.29, 1.82) is 0 Å². The van der Waals surface area contributed by atoms with E-state index in [0.29, 0.717) is 17.9 Å². The molecule has 0 saturated heterocycles. The second-order valence-electron chi connectivity index (χ2n) is 5.83. The summed E-state index contributed by atoms with van der Waals surface area (Å²) in [5, 5.41) is 12.9. The molecule has 1 aromatic rings. The highest BCUT2D eigenvalue weighted by molar-refractivity contribution is 5.94. The zero-order valence-corrected chi connectivity index (χ0v) is 12.4. The summed E-state index contributed by atoms with van der Waals surface area (Å²) in [6.45, 7) is 8.23. The Morgan fingerprint density at radius 3 is 2.37 bits per heavy atom. The summed E-state index contributed by atoms with van der Waals surface area (Å²) in [4.78, 5) is 12.0. The van der Waals surface area contributed by atoms with Gasteiger partial charge in [0.2, 0.25) is 0 Å². The summed E-state index contributed by atoms with van der Waals surface area (Å²) in [7, 11) is 0. The molecule has 0 heterocycles. The zero-order valence-electron chi connectivity index (χ0n) is 12.4. The van der Waals surface area contributed by atoms with Crippen LogP contribution in [0.25, 0.3) is 0 Å². The quantitative estimate of drug-likeness (QED) is 0.829. The first-order valence-electron chi connectivity index (χ1n) is 6.93. The molecule has 1 atom stereocenters. The molecule has 1 rings (SSSR count). The summed E-state index contributed by atoms with van der Waals surface area (Å²) in [6, 6.07) is 7.57. The third-order valence-corrected chi connectivity index (χ3v) is 3.10. The largest absolute Gasteiger partial charge is 0.388 e. The van der Waals surface area contributed by atoms with Gasteiger partial charge >= 0.3 is 0 Å². The first kappa shape index (κ1) is 15.7. The van der Waals surface area contributed by atoms with Crippen molar-refractivity contribution in [2.24, 2.45) is 5.92 Å². The van der Waals surface area contributed by atoms with Gasteiger partial charge in [-0.3, -0.25) is 4.79 Å². The molecule has 3 heteroatoms. The second-order valence-corrected chi connectivity index (χ2v) is 5.83. The van der Waals surface area contributed by atoms with E-state index in [1.807, 2.05) is 24.3 Å². The first-order chi connectivity index (χ1) is 8.84. The number of hydrogen-bond donors (Lipinski definition) is 2. The summed E-state index contributed by atoms with van der Waals surface area (Å²) in [5.41, 5.74) is 0.994. The Morgan fingerprint density at radius 1 is 1.32 bits per heavy atom. The van der Waals surface area contributed by atoms with Crippen LogP contribution in [0.3, 0.4) is 0 Å². The molecular formula is C16H25NO2. The van der Waals surface area contributed by atoms with Crippen LogP contribution in [0, 0.1) is 5.92 Å². The minimum absolute atomic E-state index is 0.133. The number of aryl methyl sites for hydroxylation is 1. The van der Waals surface area contributed by atoms with Crippen LogP contribution in [-0.4, -0.2) is 23.2 Å². The molecule has 0 aliphatic heterocycles. The average Bonchev–Trinajstić information content (AvgIpc) is 2.34. The van der Waals surface area contributed by atoms with Crippen LogP contribution in [0.1, 0.15) is 50.0 Å². The van der Waals surface area contributed by atoms with Gasteiger partial charge in [-0.1, -0.05) is 32.9 Å². The predicted octanol–water partition coefficient (Wildman–Crippen LogP) is 2.78. The van der Waals surface area contributed by atoms with Gasteiger partial charge in [0.05, 0.1) is 5.60 Å². The van der Waals surface area contributed by atoms with Crippen molar-refractivity contribution in [2.75, 3.05) is 6.54 Å². The number of carbonyl (C=O) groups excluding carboxylic acids is 1. The molecule has 0 aliphatic rings. The molecule has 0 aliphatic carbocycles. The molecule has 0 aromatic heterocycles. The van der Waals surface area contributed by atoms with E-state index in [4.69, 9.17) is 0 Å². The number of rotatable bonds is 6. The third-order valence-electron chi connectivity index (χ3n) is 3.10. The molecule has 0 bridgehead atoms. The predicted molar refractivity (Wildman–Crippen MR) is 78.2 cm³/mol. The van der Waals surface area contributed by atoms with Gasteiger partial charge in [0.1, 0.15) is 0 Å². The smallest absolute Gasteiger partial charge is 0.251 e. The van der Waals surface area contributed by atoms with Crippen LogP contribution in [0.2, 0.25) is 0 Å². The van der Waals surface area contributed by atoms with Gasteiger partial charge in [-0.25, -0.2) is 0 Å². The minimum atomic E-state index is -0.854. The number of benzene rings is 1. The topological polar surface area (TPSA) is 49.3 Å². The van der Waals surface area contributed by atoms with Gasteiger partial charge in [-0.2, -0.15) is 0 Å². The Morgan fingerprint density at radius 2 is 1.89 bits per heavy atom.